The topological polar surface area (TPSA) is 84.5 Å². The normalized spacial score (nSPS) is 11.9. The summed E-state index contributed by atoms with van der Waals surface area (Å²) in [7, 11) is -2.03. The van der Waals surface area contributed by atoms with Gasteiger partial charge in [0.1, 0.15) is 5.75 Å². The first-order valence-electron chi connectivity index (χ1n) is 8.80. The lowest BCUT2D eigenvalue weighted by Gasteiger charge is -2.20. The van der Waals surface area contributed by atoms with Gasteiger partial charge in [0.2, 0.25) is 15.9 Å². The molecule has 0 unspecified atom stereocenters. The van der Waals surface area contributed by atoms with Crippen LogP contribution < -0.4 is 14.8 Å². The van der Waals surface area contributed by atoms with E-state index in [4.69, 9.17) is 4.74 Å². The Hall–Kier alpha value is -2.03. The van der Waals surface area contributed by atoms with Crippen LogP contribution in [0.1, 0.15) is 27.2 Å². The van der Waals surface area contributed by atoms with Gasteiger partial charge in [0.15, 0.2) is 0 Å². The molecular formula is C20H26N2O4S2. The summed E-state index contributed by atoms with van der Waals surface area (Å²) in [6.07, 6.45) is 0.313. The van der Waals surface area contributed by atoms with E-state index in [0.29, 0.717) is 17.9 Å². The Kier molecular flexibility index (Phi) is 7.51. The molecule has 0 aliphatic carbocycles. The van der Waals surface area contributed by atoms with E-state index in [0.717, 1.165) is 10.6 Å². The minimum absolute atomic E-state index is 0.118. The van der Waals surface area contributed by atoms with Crippen LogP contribution in [0.2, 0.25) is 0 Å². The second-order valence-electron chi connectivity index (χ2n) is 7.21. The highest BCUT2D eigenvalue weighted by molar-refractivity contribution is 7.99. The zero-order valence-electron chi connectivity index (χ0n) is 16.5. The first-order valence-corrected chi connectivity index (χ1v) is 11.3. The molecule has 0 radical (unpaired) electrons. The largest absolute Gasteiger partial charge is 0.497 e. The number of anilines is 1. The number of carbonyl (C=O) groups excluding carboxylic acids is 1. The Morgan fingerprint density at radius 3 is 2.39 bits per heavy atom. The minimum atomic E-state index is -3.65. The molecule has 0 saturated carbocycles. The van der Waals surface area contributed by atoms with E-state index in [-0.39, 0.29) is 10.8 Å². The second kappa shape index (κ2) is 9.45. The van der Waals surface area contributed by atoms with Crippen molar-refractivity contribution in [2.24, 2.45) is 0 Å². The van der Waals surface area contributed by atoms with Gasteiger partial charge in [-0.05, 0) is 63.2 Å². The fourth-order valence-corrected chi connectivity index (χ4v) is 4.68. The Labute approximate surface area is 171 Å². The molecule has 0 bridgehead atoms. The van der Waals surface area contributed by atoms with Crippen molar-refractivity contribution in [3.63, 3.8) is 0 Å². The molecule has 0 aliphatic rings. The van der Waals surface area contributed by atoms with Gasteiger partial charge in [-0.2, -0.15) is 0 Å². The fraction of sp³-hybridized carbons (Fsp3) is 0.350. The SMILES string of the molecule is COc1ccc(SCCC(=O)Nc2cccc(S(=O)(=O)NC(C)(C)C)c2)cc1. The number of hydrogen-bond donors (Lipinski definition) is 2. The average molecular weight is 423 g/mol. The number of carbonyl (C=O) groups is 1. The summed E-state index contributed by atoms with van der Waals surface area (Å²) in [5, 5.41) is 2.76. The zero-order chi connectivity index (χ0) is 20.8. The van der Waals surface area contributed by atoms with E-state index in [9.17, 15) is 13.2 Å². The van der Waals surface area contributed by atoms with Crippen LogP contribution in [0.4, 0.5) is 5.69 Å². The molecule has 2 aromatic rings. The van der Waals surface area contributed by atoms with Gasteiger partial charge in [0, 0.05) is 28.3 Å². The lowest BCUT2D eigenvalue weighted by molar-refractivity contribution is -0.115. The molecule has 2 N–H and O–H groups in total. The molecule has 28 heavy (non-hydrogen) atoms. The highest BCUT2D eigenvalue weighted by Crippen LogP contribution is 2.22. The van der Waals surface area contributed by atoms with Crippen LogP contribution in [0.15, 0.2) is 58.3 Å². The first-order chi connectivity index (χ1) is 13.1. The van der Waals surface area contributed by atoms with E-state index < -0.39 is 15.6 Å². The van der Waals surface area contributed by atoms with E-state index in [1.807, 2.05) is 24.3 Å². The summed E-state index contributed by atoms with van der Waals surface area (Å²) >= 11 is 1.57. The highest BCUT2D eigenvalue weighted by atomic mass is 32.2. The van der Waals surface area contributed by atoms with E-state index >= 15 is 0 Å². The Morgan fingerprint density at radius 2 is 1.79 bits per heavy atom. The average Bonchev–Trinajstić information content (AvgIpc) is 2.60. The number of benzene rings is 2. The smallest absolute Gasteiger partial charge is 0.241 e. The van der Waals surface area contributed by atoms with Gasteiger partial charge >= 0.3 is 0 Å². The van der Waals surface area contributed by atoms with Crippen molar-refractivity contribution < 1.29 is 17.9 Å². The molecular weight excluding hydrogens is 396 g/mol. The monoisotopic (exact) mass is 422 g/mol. The van der Waals surface area contributed by atoms with Crippen LogP contribution in [0.5, 0.6) is 5.75 Å². The predicted molar refractivity (Wildman–Crippen MR) is 113 cm³/mol. The van der Waals surface area contributed by atoms with Crippen molar-refractivity contribution in [3.05, 3.63) is 48.5 Å². The number of methoxy groups -OCH3 is 1. The summed E-state index contributed by atoms with van der Waals surface area (Å²) in [4.78, 5) is 13.4. The van der Waals surface area contributed by atoms with Crippen LogP contribution in [-0.4, -0.2) is 32.7 Å². The first kappa shape index (κ1) is 22.3. The molecule has 0 saturated heterocycles. The predicted octanol–water partition coefficient (Wildman–Crippen LogP) is 3.89. The van der Waals surface area contributed by atoms with Crippen molar-refractivity contribution in [2.45, 2.75) is 42.5 Å². The molecule has 8 heteroatoms. The zero-order valence-corrected chi connectivity index (χ0v) is 18.1. The van der Waals surface area contributed by atoms with Crippen molar-refractivity contribution in [1.82, 2.24) is 4.72 Å². The number of amides is 1. The molecule has 0 atom stereocenters. The van der Waals surface area contributed by atoms with Gasteiger partial charge in [0.25, 0.3) is 0 Å². The fourth-order valence-electron chi connectivity index (χ4n) is 2.36. The second-order valence-corrected chi connectivity index (χ2v) is 10.1. The van der Waals surface area contributed by atoms with Crippen LogP contribution >= 0.6 is 11.8 Å². The number of thioether (sulfide) groups is 1. The van der Waals surface area contributed by atoms with Gasteiger partial charge in [-0.25, -0.2) is 13.1 Å². The number of ether oxygens (including phenoxy) is 1. The highest BCUT2D eigenvalue weighted by Gasteiger charge is 2.22. The van der Waals surface area contributed by atoms with Gasteiger partial charge in [-0.1, -0.05) is 6.07 Å². The van der Waals surface area contributed by atoms with Crippen molar-refractivity contribution >= 4 is 33.4 Å². The summed E-state index contributed by atoms with van der Waals surface area (Å²) in [6, 6.07) is 13.9. The number of nitrogens with one attached hydrogen (secondary N) is 2. The lowest BCUT2D eigenvalue weighted by atomic mass is 10.1. The van der Waals surface area contributed by atoms with Crippen LogP contribution in [0.3, 0.4) is 0 Å². The molecule has 6 nitrogen and oxygen atoms in total. The van der Waals surface area contributed by atoms with Gasteiger partial charge in [-0.3, -0.25) is 4.79 Å². The lowest BCUT2D eigenvalue weighted by Crippen LogP contribution is -2.40. The van der Waals surface area contributed by atoms with Crippen LogP contribution in [-0.2, 0) is 14.8 Å². The maximum atomic E-state index is 12.4. The Balaban J connectivity index is 1.91. The van der Waals surface area contributed by atoms with Gasteiger partial charge in [-0.15, -0.1) is 11.8 Å². The van der Waals surface area contributed by atoms with Crippen LogP contribution in [0, 0.1) is 0 Å². The third kappa shape index (κ3) is 7.18. The van der Waals surface area contributed by atoms with Crippen molar-refractivity contribution in [1.29, 1.82) is 0 Å². The third-order valence-corrected chi connectivity index (χ3v) is 6.30. The van der Waals surface area contributed by atoms with Crippen molar-refractivity contribution in [2.75, 3.05) is 18.2 Å². The summed E-state index contributed by atoms with van der Waals surface area (Å²) in [5.74, 6) is 1.24. The molecule has 2 aromatic carbocycles. The van der Waals surface area contributed by atoms with E-state index in [1.54, 1.807) is 51.8 Å². The van der Waals surface area contributed by atoms with Crippen LogP contribution in [0.25, 0.3) is 0 Å². The summed E-state index contributed by atoms with van der Waals surface area (Å²) in [5.41, 5.74) is -0.132. The van der Waals surface area contributed by atoms with E-state index in [1.165, 1.54) is 12.1 Å². The number of hydrogen-bond acceptors (Lipinski definition) is 5. The molecule has 2 rings (SSSR count). The minimum Gasteiger partial charge on any atom is -0.497 e. The van der Waals surface area contributed by atoms with Gasteiger partial charge in [0.05, 0.1) is 12.0 Å². The quantitative estimate of drug-likeness (QED) is 0.631. The molecule has 0 heterocycles. The Bertz CT molecular complexity index is 905. The van der Waals surface area contributed by atoms with Crippen molar-refractivity contribution in [3.8, 4) is 5.75 Å². The van der Waals surface area contributed by atoms with E-state index in [2.05, 4.69) is 10.0 Å². The maximum absolute atomic E-state index is 12.4. The molecule has 0 aliphatic heterocycles. The summed E-state index contributed by atoms with van der Waals surface area (Å²) in [6.45, 7) is 5.32. The molecule has 0 aromatic heterocycles. The molecule has 0 spiro atoms. The van der Waals surface area contributed by atoms with Gasteiger partial charge < -0.3 is 10.1 Å². The maximum Gasteiger partial charge on any atom is 0.241 e. The molecule has 0 fully saturated rings. The Morgan fingerprint density at radius 1 is 1.11 bits per heavy atom. The third-order valence-electron chi connectivity index (χ3n) is 3.53. The summed E-state index contributed by atoms with van der Waals surface area (Å²) < 4.78 is 32.6. The molecule has 1 amide bonds. The standard InChI is InChI=1S/C20H26N2O4S2/c1-20(2,3)22-28(24,25)18-7-5-6-15(14-18)21-19(23)12-13-27-17-10-8-16(26-4)9-11-17/h5-11,14,22H,12-13H2,1-4H3,(H,21,23). The molecule has 152 valence electrons. The number of sulfonamides is 1. The number of rotatable bonds is 8.